The number of carbonyl (C=O) groups excluding carboxylic acids is 2. The molecule has 2 aliphatic rings. The van der Waals surface area contributed by atoms with E-state index in [1.54, 1.807) is 0 Å². The highest BCUT2D eigenvalue weighted by Crippen LogP contribution is 2.13. The minimum absolute atomic E-state index is 0.0744. The summed E-state index contributed by atoms with van der Waals surface area (Å²) in [5.41, 5.74) is 1.11. The molecular weight excluding hydrogens is 368 g/mol. The number of hydrogen-bond donors (Lipinski definition) is 2. The normalized spacial score (nSPS) is 19.5. The Balaban J connectivity index is 1.44. The van der Waals surface area contributed by atoms with Crippen molar-refractivity contribution in [3.8, 4) is 0 Å². The number of aromatic nitrogens is 1. The summed E-state index contributed by atoms with van der Waals surface area (Å²) < 4.78 is 0. The third-order valence-electron chi connectivity index (χ3n) is 5.36. The summed E-state index contributed by atoms with van der Waals surface area (Å²) >= 11 is 0. The minimum Gasteiger partial charge on any atom is -0.357 e. The van der Waals surface area contributed by atoms with Crippen LogP contribution in [0.3, 0.4) is 0 Å². The fraction of sp³-hybridized carbons (Fsp3) is 0.619. The van der Waals surface area contributed by atoms with E-state index in [1.165, 1.54) is 4.90 Å². The van der Waals surface area contributed by atoms with Crippen molar-refractivity contribution in [2.45, 2.75) is 51.6 Å². The van der Waals surface area contributed by atoms with E-state index in [2.05, 4.69) is 31.6 Å². The highest BCUT2D eigenvalue weighted by Gasteiger charge is 2.25. The standard InChI is InChI=1S/C21H32N6O2/c1-2-22-21(24-12-15-27-19(28)7-5-8-20(27)29)25-17-9-13-26(14-10-17)16-18-6-3-4-11-23-18/h3-4,6,11,17H,2,5,7-10,12-16H2,1H3,(H2,22,24,25). The Bertz CT molecular complexity index is 684. The first-order valence-corrected chi connectivity index (χ1v) is 10.7. The average molecular weight is 401 g/mol. The number of guanidine groups is 1. The zero-order chi connectivity index (χ0) is 20.5. The maximum Gasteiger partial charge on any atom is 0.229 e. The molecule has 2 aliphatic heterocycles. The van der Waals surface area contributed by atoms with Gasteiger partial charge in [0.1, 0.15) is 0 Å². The Kier molecular flexibility index (Phi) is 7.98. The Labute approximate surface area is 172 Å². The first kappa shape index (κ1) is 21.2. The Morgan fingerprint density at radius 3 is 2.62 bits per heavy atom. The second-order valence-electron chi connectivity index (χ2n) is 7.57. The second-order valence-corrected chi connectivity index (χ2v) is 7.57. The van der Waals surface area contributed by atoms with Gasteiger partial charge in [0.05, 0.1) is 12.2 Å². The van der Waals surface area contributed by atoms with Gasteiger partial charge in [0.2, 0.25) is 11.8 Å². The van der Waals surface area contributed by atoms with Crippen molar-refractivity contribution in [1.82, 2.24) is 25.4 Å². The number of hydrogen-bond acceptors (Lipinski definition) is 5. The van der Waals surface area contributed by atoms with Gasteiger partial charge in [-0.15, -0.1) is 0 Å². The second kappa shape index (κ2) is 10.9. The van der Waals surface area contributed by atoms with Gasteiger partial charge in [-0.25, -0.2) is 0 Å². The van der Waals surface area contributed by atoms with Gasteiger partial charge in [-0.05, 0) is 38.3 Å². The molecule has 158 valence electrons. The van der Waals surface area contributed by atoms with E-state index in [-0.39, 0.29) is 11.8 Å². The van der Waals surface area contributed by atoms with Crippen LogP contribution < -0.4 is 10.6 Å². The lowest BCUT2D eigenvalue weighted by Gasteiger charge is -2.33. The van der Waals surface area contributed by atoms with Crippen LogP contribution in [0.2, 0.25) is 0 Å². The highest BCUT2D eigenvalue weighted by atomic mass is 16.2. The Morgan fingerprint density at radius 1 is 1.21 bits per heavy atom. The summed E-state index contributed by atoms with van der Waals surface area (Å²) in [5, 5.41) is 6.78. The molecule has 0 unspecified atom stereocenters. The maximum absolute atomic E-state index is 11.9. The van der Waals surface area contributed by atoms with Gasteiger partial charge in [0, 0.05) is 57.8 Å². The predicted molar refractivity (Wildman–Crippen MR) is 112 cm³/mol. The average Bonchev–Trinajstić information content (AvgIpc) is 2.72. The summed E-state index contributed by atoms with van der Waals surface area (Å²) in [6.45, 7) is 6.51. The smallest absolute Gasteiger partial charge is 0.229 e. The van der Waals surface area contributed by atoms with Crippen LogP contribution in [0.1, 0.15) is 44.7 Å². The number of carbonyl (C=O) groups is 2. The molecule has 8 heteroatoms. The Hall–Kier alpha value is -2.48. The molecule has 8 nitrogen and oxygen atoms in total. The number of rotatable bonds is 7. The SMILES string of the molecule is CCNC(=NCCN1C(=O)CCCC1=O)NC1CCN(Cc2ccccn2)CC1. The van der Waals surface area contributed by atoms with Crippen LogP contribution >= 0.6 is 0 Å². The molecule has 2 amide bonds. The van der Waals surface area contributed by atoms with E-state index in [0.29, 0.717) is 38.4 Å². The molecule has 0 atom stereocenters. The lowest BCUT2D eigenvalue weighted by molar-refractivity contribution is -0.147. The molecule has 1 aromatic rings. The number of imide groups is 1. The van der Waals surface area contributed by atoms with Gasteiger partial charge < -0.3 is 10.6 Å². The zero-order valence-corrected chi connectivity index (χ0v) is 17.3. The quantitative estimate of drug-likeness (QED) is 0.405. The van der Waals surface area contributed by atoms with E-state index >= 15 is 0 Å². The van der Waals surface area contributed by atoms with Crippen LogP contribution in [0.25, 0.3) is 0 Å². The molecular formula is C21H32N6O2. The van der Waals surface area contributed by atoms with Crippen molar-refractivity contribution < 1.29 is 9.59 Å². The summed E-state index contributed by atoms with van der Waals surface area (Å²) in [6.07, 6.45) is 5.52. The fourth-order valence-electron chi connectivity index (χ4n) is 3.78. The molecule has 3 rings (SSSR count). The monoisotopic (exact) mass is 400 g/mol. The molecule has 2 saturated heterocycles. The van der Waals surface area contributed by atoms with Crippen molar-refractivity contribution in [2.75, 3.05) is 32.7 Å². The summed E-state index contributed by atoms with van der Waals surface area (Å²) in [5.74, 6) is 0.608. The molecule has 0 aliphatic carbocycles. The van der Waals surface area contributed by atoms with Crippen LogP contribution in [0, 0.1) is 0 Å². The first-order chi connectivity index (χ1) is 14.2. The third-order valence-corrected chi connectivity index (χ3v) is 5.36. The van der Waals surface area contributed by atoms with Crippen molar-refractivity contribution in [1.29, 1.82) is 0 Å². The number of piperidine rings is 2. The highest BCUT2D eigenvalue weighted by molar-refractivity contribution is 5.97. The third kappa shape index (κ3) is 6.52. The van der Waals surface area contributed by atoms with Crippen molar-refractivity contribution in [2.24, 2.45) is 4.99 Å². The van der Waals surface area contributed by atoms with Crippen molar-refractivity contribution >= 4 is 17.8 Å². The summed E-state index contributed by atoms with van der Waals surface area (Å²) in [7, 11) is 0. The molecule has 0 spiro atoms. The van der Waals surface area contributed by atoms with Gasteiger partial charge in [0.25, 0.3) is 0 Å². The number of pyridine rings is 1. The fourth-order valence-corrected chi connectivity index (χ4v) is 3.78. The molecule has 2 fully saturated rings. The zero-order valence-electron chi connectivity index (χ0n) is 17.3. The number of amides is 2. The summed E-state index contributed by atoms with van der Waals surface area (Å²) in [4.78, 5) is 36.6. The number of nitrogens with one attached hydrogen (secondary N) is 2. The van der Waals surface area contributed by atoms with E-state index in [1.807, 2.05) is 25.3 Å². The van der Waals surface area contributed by atoms with Crippen LogP contribution in [0.5, 0.6) is 0 Å². The van der Waals surface area contributed by atoms with Gasteiger partial charge >= 0.3 is 0 Å². The molecule has 0 saturated carbocycles. The van der Waals surface area contributed by atoms with Crippen LogP contribution in [0.4, 0.5) is 0 Å². The molecule has 29 heavy (non-hydrogen) atoms. The number of likely N-dealkylation sites (tertiary alicyclic amines) is 2. The van der Waals surface area contributed by atoms with Gasteiger partial charge in [-0.3, -0.25) is 29.4 Å². The predicted octanol–water partition coefficient (Wildman–Crippen LogP) is 1.14. The lowest BCUT2D eigenvalue weighted by Crippen LogP contribution is -2.49. The molecule has 0 aromatic carbocycles. The molecule has 1 aromatic heterocycles. The topological polar surface area (TPSA) is 89.9 Å². The number of nitrogens with zero attached hydrogens (tertiary/aromatic N) is 4. The lowest BCUT2D eigenvalue weighted by atomic mass is 10.0. The van der Waals surface area contributed by atoms with E-state index < -0.39 is 0 Å². The van der Waals surface area contributed by atoms with Gasteiger partial charge in [0.15, 0.2) is 5.96 Å². The van der Waals surface area contributed by atoms with Crippen LogP contribution in [0.15, 0.2) is 29.4 Å². The summed E-state index contributed by atoms with van der Waals surface area (Å²) in [6, 6.07) is 6.41. The molecule has 3 heterocycles. The maximum atomic E-state index is 11.9. The minimum atomic E-state index is -0.0744. The van der Waals surface area contributed by atoms with E-state index in [0.717, 1.165) is 50.7 Å². The molecule has 0 radical (unpaired) electrons. The number of aliphatic imine (C=N–C) groups is 1. The van der Waals surface area contributed by atoms with E-state index in [4.69, 9.17) is 0 Å². The molecule has 0 bridgehead atoms. The van der Waals surface area contributed by atoms with Gasteiger partial charge in [-0.1, -0.05) is 6.07 Å². The largest absolute Gasteiger partial charge is 0.357 e. The van der Waals surface area contributed by atoms with Gasteiger partial charge in [-0.2, -0.15) is 0 Å². The van der Waals surface area contributed by atoms with E-state index in [9.17, 15) is 9.59 Å². The molecule has 2 N–H and O–H groups in total. The van der Waals surface area contributed by atoms with Crippen LogP contribution in [-0.4, -0.2) is 71.3 Å². The van der Waals surface area contributed by atoms with Crippen LogP contribution in [-0.2, 0) is 16.1 Å². The Morgan fingerprint density at radius 2 is 1.97 bits per heavy atom. The van der Waals surface area contributed by atoms with Crippen molar-refractivity contribution in [3.05, 3.63) is 30.1 Å². The first-order valence-electron chi connectivity index (χ1n) is 10.7. The van der Waals surface area contributed by atoms with Crippen molar-refractivity contribution in [3.63, 3.8) is 0 Å².